The molecule has 0 spiro atoms. The van der Waals surface area contributed by atoms with Crippen LogP contribution in [0.3, 0.4) is 0 Å². The van der Waals surface area contributed by atoms with Crippen LogP contribution in [0, 0.1) is 6.42 Å². The Morgan fingerprint density at radius 3 is 2.33 bits per heavy atom. The molecule has 2 aromatic carbocycles. The van der Waals surface area contributed by atoms with E-state index in [1.165, 1.54) is 54.4 Å². The summed E-state index contributed by atoms with van der Waals surface area (Å²) in [5.74, 6) is 0. The number of fused-ring (bicyclic) bond motifs is 4. The van der Waals surface area contributed by atoms with Gasteiger partial charge in [0.05, 0.1) is 0 Å². The van der Waals surface area contributed by atoms with Gasteiger partial charge in [-0.05, 0) is 59.1 Å². The zero-order chi connectivity index (χ0) is 11.9. The predicted molar refractivity (Wildman–Crippen MR) is 75.6 cm³/mol. The molecule has 0 saturated carbocycles. The molecule has 2 aliphatic carbocycles. The summed E-state index contributed by atoms with van der Waals surface area (Å²) in [7, 11) is 0. The van der Waals surface area contributed by atoms with Crippen molar-refractivity contribution in [1.82, 2.24) is 0 Å². The fourth-order valence-electron chi connectivity index (χ4n) is 3.37. The van der Waals surface area contributed by atoms with Gasteiger partial charge in [0.15, 0.2) is 0 Å². The molecule has 0 bridgehead atoms. The molecule has 2 aromatic rings. The molecule has 0 unspecified atom stereocenters. The van der Waals surface area contributed by atoms with E-state index >= 15 is 0 Å². The van der Waals surface area contributed by atoms with Crippen LogP contribution >= 0.6 is 0 Å². The topological polar surface area (TPSA) is 0 Å². The van der Waals surface area contributed by atoms with Crippen LogP contribution in [0.2, 0.25) is 0 Å². The smallest absolute Gasteiger partial charge is 0.0212 e. The Kier molecular flexibility index (Phi) is 2.29. The highest BCUT2D eigenvalue weighted by atomic mass is 14.2. The lowest BCUT2D eigenvalue weighted by Gasteiger charge is -2.09. The Morgan fingerprint density at radius 2 is 1.44 bits per heavy atom. The highest BCUT2D eigenvalue weighted by Gasteiger charge is 2.20. The molecular formula is C18H17. The lowest BCUT2D eigenvalue weighted by Crippen LogP contribution is -1.93. The van der Waals surface area contributed by atoms with E-state index in [4.69, 9.17) is 0 Å². The minimum absolute atomic E-state index is 1.27. The van der Waals surface area contributed by atoms with E-state index in [1.54, 1.807) is 11.1 Å². The quantitative estimate of drug-likeness (QED) is 0.500. The maximum atomic E-state index is 2.46. The Bertz CT molecular complexity index is 607. The van der Waals surface area contributed by atoms with Crippen molar-refractivity contribution in [1.29, 1.82) is 0 Å². The Morgan fingerprint density at radius 1 is 0.667 bits per heavy atom. The standard InChI is InChI=1S/C18H17/c1-2-6-13-10-16-11-15-8-4-5-9-17(15)18(16)12-14(13)7-3-1/h4-5,8-12H,1-3,6-7H2. The number of hydrogen-bond donors (Lipinski definition) is 0. The van der Waals surface area contributed by atoms with E-state index in [0.29, 0.717) is 0 Å². The van der Waals surface area contributed by atoms with Gasteiger partial charge in [-0.1, -0.05) is 42.8 Å². The lowest BCUT2D eigenvalue weighted by molar-refractivity contribution is 0.711. The molecule has 0 amide bonds. The summed E-state index contributed by atoms with van der Waals surface area (Å²) >= 11 is 0. The van der Waals surface area contributed by atoms with Gasteiger partial charge < -0.3 is 0 Å². The number of hydrogen-bond acceptors (Lipinski definition) is 0. The van der Waals surface area contributed by atoms with Crippen molar-refractivity contribution in [2.45, 2.75) is 32.1 Å². The molecule has 0 N–H and O–H groups in total. The number of benzene rings is 2. The van der Waals surface area contributed by atoms with Crippen LogP contribution < -0.4 is 0 Å². The normalized spacial score (nSPS) is 16.7. The van der Waals surface area contributed by atoms with E-state index in [9.17, 15) is 0 Å². The second-order valence-electron chi connectivity index (χ2n) is 5.50. The monoisotopic (exact) mass is 233 g/mol. The average Bonchev–Trinajstić information content (AvgIpc) is 2.59. The van der Waals surface area contributed by atoms with Crippen LogP contribution in [0.15, 0.2) is 36.4 Å². The van der Waals surface area contributed by atoms with Gasteiger partial charge in [0.1, 0.15) is 0 Å². The van der Waals surface area contributed by atoms with Gasteiger partial charge in [0.25, 0.3) is 0 Å². The van der Waals surface area contributed by atoms with Crippen LogP contribution in [-0.4, -0.2) is 0 Å². The van der Waals surface area contributed by atoms with Crippen molar-refractivity contribution in [3.8, 4) is 11.1 Å². The molecule has 89 valence electrons. The van der Waals surface area contributed by atoms with Gasteiger partial charge in [-0.15, -0.1) is 0 Å². The van der Waals surface area contributed by atoms with Crippen molar-refractivity contribution in [3.05, 3.63) is 65.1 Å². The van der Waals surface area contributed by atoms with E-state index < -0.39 is 0 Å². The Labute approximate surface area is 109 Å². The van der Waals surface area contributed by atoms with Crippen LogP contribution in [-0.2, 0) is 12.8 Å². The van der Waals surface area contributed by atoms with E-state index in [2.05, 4.69) is 42.8 Å². The first-order valence-electron chi connectivity index (χ1n) is 7.02. The molecule has 1 radical (unpaired) electrons. The highest BCUT2D eigenvalue weighted by molar-refractivity contribution is 5.82. The van der Waals surface area contributed by atoms with Gasteiger partial charge in [-0.25, -0.2) is 0 Å². The largest absolute Gasteiger partial charge is 0.0619 e. The van der Waals surface area contributed by atoms with Crippen LogP contribution in [0.25, 0.3) is 11.1 Å². The van der Waals surface area contributed by atoms with Crippen LogP contribution in [0.1, 0.15) is 41.5 Å². The number of aryl methyl sites for hydroxylation is 2. The molecular weight excluding hydrogens is 216 g/mol. The Balaban J connectivity index is 1.89. The van der Waals surface area contributed by atoms with Gasteiger partial charge in [0.2, 0.25) is 0 Å². The summed E-state index contributed by atoms with van der Waals surface area (Å²) in [5.41, 5.74) is 8.86. The first-order chi connectivity index (χ1) is 8.92. The summed E-state index contributed by atoms with van der Waals surface area (Å²) < 4.78 is 0. The summed E-state index contributed by atoms with van der Waals surface area (Å²) in [6.07, 6.45) is 8.99. The first-order valence-corrected chi connectivity index (χ1v) is 7.02. The molecule has 18 heavy (non-hydrogen) atoms. The third-order valence-corrected chi connectivity index (χ3v) is 4.33. The van der Waals surface area contributed by atoms with E-state index in [1.807, 2.05) is 0 Å². The molecule has 0 aliphatic heterocycles. The van der Waals surface area contributed by atoms with Gasteiger partial charge >= 0.3 is 0 Å². The summed E-state index contributed by atoms with van der Waals surface area (Å²) in [5, 5.41) is 0. The zero-order valence-electron chi connectivity index (χ0n) is 10.6. The molecule has 0 saturated heterocycles. The maximum Gasteiger partial charge on any atom is 0.0212 e. The fourth-order valence-corrected chi connectivity index (χ4v) is 3.37. The molecule has 4 rings (SSSR count). The van der Waals surface area contributed by atoms with E-state index in [0.717, 1.165) is 0 Å². The molecule has 0 heterocycles. The second kappa shape index (κ2) is 3.98. The van der Waals surface area contributed by atoms with E-state index in [-0.39, 0.29) is 0 Å². The van der Waals surface area contributed by atoms with Crippen molar-refractivity contribution in [2.24, 2.45) is 0 Å². The SMILES string of the molecule is [CH]1c2ccccc2-c2cc3c(cc21)CCCCC3. The number of rotatable bonds is 0. The fraction of sp³-hybridized carbons (Fsp3) is 0.278. The average molecular weight is 233 g/mol. The minimum Gasteiger partial charge on any atom is -0.0619 e. The maximum absolute atomic E-state index is 2.46. The van der Waals surface area contributed by atoms with Crippen molar-refractivity contribution >= 4 is 0 Å². The summed E-state index contributed by atoms with van der Waals surface area (Å²) in [6.45, 7) is 0. The first kappa shape index (κ1) is 10.4. The molecule has 0 fully saturated rings. The molecule has 0 heteroatoms. The Hall–Kier alpha value is -1.56. The third-order valence-electron chi connectivity index (χ3n) is 4.33. The predicted octanol–water partition coefficient (Wildman–Crippen LogP) is 4.54. The molecule has 0 atom stereocenters. The summed E-state index contributed by atoms with van der Waals surface area (Å²) in [6, 6.07) is 13.6. The van der Waals surface area contributed by atoms with Crippen LogP contribution in [0.4, 0.5) is 0 Å². The van der Waals surface area contributed by atoms with Crippen molar-refractivity contribution in [2.75, 3.05) is 0 Å². The lowest BCUT2D eigenvalue weighted by atomic mass is 9.95. The molecule has 2 aliphatic rings. The third kappa shape index (κ3) is 1.52. The van der Waals surface area contributed by atoms with Crippen molar-refractivity contribution < 1.29 is 0 Å². The second-order valence-corrected chi connectivity index (χ2v) is 5.50. The van der Waals surface area contributed by atoms with Gasteiger partial charge in [0, 0.05) is 6.42 Å². The summed E-state index contributed by atoms with van der Waals surface area (Å²) in [4.78, 5) is 0. The minimum atomic E-state index is 1.27. The highest BCUT2D eigenvalue weighted by Crippen LogP contribution is 2.40. The van der Waals surface area contributed by atoms with Crippen LogP contribution in [0.5, 0.6) is 0 Å². The molecule has 0 aromatic heterocycles. The van der Waals surface area contributed by atoms with Gasteiger partial charge in [-0.2, -0.15) is 0 Å². The molecule has 0 nitrogen and oxygen atoms in total. The zero-order valence-corrected chi connectivity index (χ0v) is 10.6. The van der Waals surface area contributed by atoms with Crippen molar-refractivity contribution in [3.63, 3.8) is 0 Å². The van der Waals surface area contributed by atoms with Gasteiger partial charge in [-0.3, -0.25) is 0 Å².